The Balaban J connectivity index is 1.66. The highest BCUT2D eigenvalue weighted by atomic mass is 32.1. The van der Waals surface area contributed by atoms with E-state index in [2.05, 4.69) is 25.2 Å². The Morgan fingerprint density at radius 3 is 2.81 bits per heavy atom. The number of nitrogens with zero attached hydrogens (tertiary/aromatic N) is 2. The number of ether oxygens (including phenoxy) is 3. The summed E-state index contributed by atoms with van der Waals surface area (Å²) in [5.41, 5.74) is 4.70. The van der Waals surface area contributed by atoms with Crippen molar-refractivity contribution >= 4 is 17.2 Å². The van der Waals surface area contributed by atoms with Crippen molar-refractivity contribution in [1.29, 1.82) is 0 Å². The summed E-state index contributed by atoms with van der Waals surface area (Å²) >= 11 is 1.60. The van der Waals surface area contributed by atoms with Crippen molar-refractivity contribution in [2.45, 2.75) is 39.3 Å². The van der Waals surface area contributed by atoms with E-state index in [0.29, 0.717) is 24.8 Å². The molecule has 1 saturated heterocycles. The molecule has 2 aromatic heterocycles. The van der Waals surface area contributed by atoms with Crippen LogP contribution in [0.25, 0.3) is 16.9 Å². The molecule has 0 aliphatic carbocycles. The number of methoxy groups -OCH3 is 1. The van der Waals surface area contributed by atoms with Gasteiger partial charge in [-0.15, -0.1) is 0 Å². The van der Waals surface area contributed by atoms with Crippen molar-refractivity contribution < 1.29 is 19.0 Å². The molecule has 32 heavy (non-hydrogen) atoms. The van der Waals surface area contributed by atoms with E-state index in [4.69, 9.17) is 19.3 Å². The first-order valence-corrected chi connectivity index (χ1v) is 11.7. The number of aromatic nitrogens is 2. The van der Waals surface area contributed by atoms with Gasteiger partial charge in [-0.1, -0.05) is 13.8 Å². The summed E-state index contributed by atoms with van der Waals surface area (Å²) in [6, 6.07) is 6.08. The fourth-order valence-corrected chi connectivity index (χ4v) is 4.89. The lowest BCUT2D eigenvalue weighted by Crippen LogP contribution is -2.60. The van der Waals surface area contributed by atoms with Gasteiger partial charge in [0.05, 0.1) is 37.2 Å². The summed E-state index contributed by atoms with van der Waals surface area (Å²) in [7, 11) is 1.68. The quantitative estimate of drug-likeness (QED) is 0.605. The zero-order valence-electron chi connectivity index (χ0n) is 18.7. The van der Waals surface area contributed by atoms with Gasteiger partial charge in [-0.2, -0.15) is 16.4 Å². The molecule has 168 valence electrons. The monoisotopic (exact) mass is 453 g/mol. The Morgan fingerprint density at radius 1 is 1.38 bits per heavy atom. The fraction of sp³-hybridized carbons (Fsp3) is 0.417. The molecule has 0 bridgehead atoms. The predicted octanol–water partition coefficient (Wildman–Crippen LogP) is 4.22. The van der Waals surface area contributed by atoms with Crippen molar-refractivity contribution in [1.82, 2.24) is 15.1 Å². The summed E-state index contributed by atoms with van der Waals surface area (Å²) in [4.78, 5) is 13.2. The minimum atomic E-state index is -0.360. The van der Waals surface area contributed by atoms with Crippen molar-refractivity contribution in [3.8, 4) is 28.4 Å². The van der Waals surface area contributed by atoms with E-state index in [1.807, 2.05) is 34.5 Å². The number of rotatable bonds is 6. The van der Waals surface area contributed by atoms with Gasteiger partial charge in [-0.05, 0) is 42.3 Å². The highest BCUT2D eigenvalue weighted by Gasteiger charge is 2.38. The van der Waals surface area contributed by atoms with Gasteiger partial charge in [0.25, 0.3) is 5.91 Å². The van der Waals surface area contributed by atoms with Gasteiger partial charge < -0.3 is 19.5 Å². The lowest BCUT2D eigenvalue weighted by atomic mass is 9.95. The van der Waals surface area contributed by atoms with Crippen LogP contribution >= 0.6 is 11.3 Å². The molecule has 0 spiro atoms. The molecule has 1 fully saturated rings. The van der Waals surface area contributed by atoms with E-state index < -0.39 is 0 Å². The van der Waals surface area contributed by atoms with Crippen LogP contribution in [0.15, 0.2) is 29.0 Å². The maximum atomic E-state index is 13.2. The topological polar surface area (TPSA) is 74.6 Å². The lowest BCUT2D eigenvalue weighted by molar-refractivity contribution is -0.0594. The third-order valence-corrected chi connectivity index (χ3v) is 6.51. The molecular weight excluding hydrogens is 426 g/mol. The first kappa shape index (κ1) is 21.0. The summed E-state index contributed by atoms with van der Waals surface area (Å²) < 4.78 is 18.9. The maximum absolute atomic E-state index is 13.2. The first-order valence-electron chi connectivity index (χ1n) is 10.8. The van der Waals surface area contributed by atoms with Gasteiger partial charge in [-0.3, -0.25) is 4.79 Å². The summed E-state index contributed by atoms with van der Waals surface area (Å²) in [6.45, 7) is 7.63. The first-order chi connectivity index (χ1) is 15.4. The van der Waals surface area contributed by atoms with Crippen LogP contribution in [0.5, 0.6) is 11.5 Å². The average Bonchev–Trinajstić information content (AvgIpc) is 3.39. The number of hydrogen-bond acceptors (Lipinski definition) is 6. The average molecular weight is 454 g/mol. The Hall–Kier alpha value is -2.84. The van der Waals surface area contributed by atoms with Crippen LogP contribution in [-0.4, -0.2) is 41.6 Å². The molecule has 0 atom stereocenters. The standard InChI is InChI=1S/C24H27N3O4S/c1-14(2)7-15-8-17-20(9-19(15)29-4)31-10-18-21(23(28)25-24(3)12-30-13-24)26-27(22(17)18)16-5-6-32-11-16/h5-6,8-9,11,14H,7,10,12-13H2,1-4H3,(H,25,28). The van der Waals surface area contributed by atoms with E-state index in [1.165, 1.54) is 0 Å². The van der Waals surface area contributed by atoms with Gasteiger partial charge in [0.15, 0.2) is 5.69 Å². The van der Waals surface area contributed by atoms with Gasteiger partial charge in [0, 0.05) is 22.6 Å². The summed E-state index contributed by atoms with van der Waals surface area (Å²) in [5.74, 6) is 1.83. The van der Waals surface area contributed by atoms with Crippen LogP contribution in [0.4, 0.5) is 0 Å². The number of benzene rings is 1. The van der Waals surface area contributed by atoms with Crippen LogP contribution in [0, 0.1) is 5.92 Å². The predicted molar refractivity (Wildman–Crippen MR) is 123 cm³/mol. The second-order valence-electron chi connectivity index (χ2n) is 9.12. The van der Waals surface area contributed by atoms with Crippen LogP contribution < -0.4 is 14.8 Å². The SMILES string of the molecule is COc1cc2c(cc1CC(C)C)-c1c(c(C(=O)NC3(C)COC3)nn1-c1ccsc1)CO2. The largest absolute Gasteiger partial charge is 0.496 e. The van der Waals surface area contributed by atoms with Crippen LogP contribution in [0.3, 0.4) is 0 Å². The molecule has 2 aliphatic rings. The zero-order chi connectivity index (χ0) is 22.5. The molecule has 0 radical (unpaired) electrons. The highest BCUT2D eigenvalue weighted by molar-refractivity contribution is 7.08. The molecule has 0 unspecified atom stereocenters. The third-order valence-electron chi connectivity index (χ3n) is 5.84. The molecule has 1 aromatic carbocycles. The molecule has 2 aliphatic heterocycles. The molecule has 0 saturated carbocycles. The summed E-state index contributed by atoms with van der Waals surface area (Å²) in [5, 5.41) is 11.9. The van der Waals surface area contributed by atoms with Crippen LogP contribution in [0.2, 0.25) is 0 Å². The smallest absolute Gasteiger partial charge is 0.272 e. The third kappa shape index (κ3) is 3.57. The maximum Gasteiger partial charge on any atom is 0.272 e. The van der Waals surface area contributed by atoms with Gasteiger partial charge in [0.1, 0.15) is 18.1 Å². The van der Waals surface area contributed by atoms with Gasteiger partial charge >= 0.3 is 0 Å². The summed E-state index contributed by atoms with van der Waals surface area (Å²) in [6.07, 6.45) is 0.879. The number of fused-ring (bicyclic) bond motifs is 3. The van der Waals surface area contributed by atoms with Gasteiger partial charge in [0.2, 0.25) is 0 Å². The Labute approximate surface area is 191 Å². The van der Waals surface area contributed by atoms with Crippen molar-refractivity contribution in [3.05, 3.63) is 45.8 Å². The van der Waals surface area contributed by atoms with Crippen molar-refractivity contribution in [2.24, 2.45) is 5.92 Å². The molecule has 8 heteroatoms. The van der Waals surface area contributed by atoms with Crippen LogP contribution in [-0.2, 0) is 17.8 Å². The zero-order valence-corrected chi connectivity index (χ0v) is 19.5. The molecule has 1 N–H and O–H groups in total. The number of nitrogens with one attached hydrogen (secondary N) is 1. The molecule has 7 nitrogen and oxygen atoms in total. The van der Waals surface area contributed by atoms with E-state index in [9.17, 15) is 4.79 Å². The van der Waals surface area contributed by atoms with E-state index >= 15 is 0 Å². The highest BCUT2D eigenvalue weighted by Crippen LogP contribution is 2.44. The molecule has 1 amide bonds. The molecule has 4 heterocycles. The van der Waals surface area contributed by atoms with Crippen molar-refractivity contribution in [3.63, 3.8) is 0 Å². The second-order valence-corrected chi connectivity index (χ2v) is 9.90. The number of amides is 1. The van der Waals surface area contributed by atoms with Crippen molar-refractivity contribution in [2.75, 3.05) is 20.3 Å². The van der Waals surface area contributed by atoms with E-state index in [-0.39, 0.29) is 18.1 Å². The number of carbonyl (C=O) groups is 1. The molecule has 3 aromatic rings. The van der Waals surface area contributed by atoms with Gasteiger partial charge in [-0.25, -0.2) is 4.68 Å². The minimum Gasteiger partial charge on any atom is -0.496 e. The second kappa shape index (κ2) is 7.94. The van der Waals surface area contributed by atoms with E-state index in [1.54, 1.807) is 18.4 Å². The lowest BCUT2D eigenvalue weighted by Gasteiger charge is -2.38. The number of thiophene rings is 1. The normalized spacial score (nSPS) is 16.0. The number of hydrogen-bond donors (Lipinski definition) is 1. The van der Waals surface area contributed by atoms with E-state index in [0.717, 1.165) is 46.0 Å². The minimum absolute atomic E-state index is 0.205. The Morgan fingerprint density at radius 2 is 2.19 bits per heavy atom. The Bertz CT molecular complexity index is 1160. The van der Waals surface area contributed by atoms with Crippen LogP contribution in [0.1, 0.15) is 42.4 Å². The molecule has 5 rings (SSSR count). The number of carbonyl (C=O) groups excluding carboxylic acids is 1. The molecular formula is C24H27N3O4S. The Kier molecular flexibility index (Phi) is 5.22. The fourth-order valence-electron chi connectivity index (χ4n) is 4.27.